The molecule has 1 aliphatic rings. The number of hydrogen-bond donors (Lipinski definition) is 0. The predicted octanol–water partition coefficient (Wildman–Crippen LogP) is 6.49. The molecule has 0 amide bonds. The Kier molecular flexibility index (Phi) is 5.67. The Hall–Kier alpha value is -2.63. The summed E-state index contributed by atoms with van der Waals surface area (Å²) < 4.78 is 0. The molecule has 0 aliphatic heterocycles. The summed E-state index contributed by atoms with van der Waals surface area (Å²) >= 11 is 2.70. The highest BCUT2D eigenvalue weighted by molar-refractivity contribution is 8.08. The predicted molar refractivity (Wildman–Crippen MR) is 123 cm³/mol. The molecule has 5 heteroatoms. The van der Waals surface area contributed by atoms with Gasteiger partial charge in [0, 0.05) is 16.0 Å². The number of allylic oxidation sites excluding steroid dienone is 2. The Balaban J connectivity index is 1.82. The van der Waals surface area contributed by atoms with E-state index in [4.69, 9.17) is 0 Å². The minimum atomic E-state index is -0.195. The monoisotopic (exact) mass is 431 g/mol. The summed E-state index contributed by atoms with van der Waals surface area (Å²) in [5, 5.41) is 0. The minimum absolute atomic E-state index is 0.146. The van der Waals surface area contributed by atoms with Crippen LogP contribution in [0.3, 0.4) is 0 Å². The van der Waals surface area contributed by atoms with Crippen molar-refractivity contribution in [3.8, 4) is 0 Å². The van der Waals surface area contributed by atoms with Gasteiger partial charge in [0.15, 0.2) is 0 Å². The van der Waals surface area contributed by atoms with Crippen LogP contribution in [-0.4, -0.2) is 16.6 Å². The van der Waals surface area contributed by atoms with Crippen LogP contribution in [0, 0.1) is 27.7 Å². The standard InChI is InChI=1S/C25H21NO2S2/c1-14-7-9-18(12-16(14)3)29-24-22(27)20-6-5-11-26-21(20)23(28)25(24)30-19-10-8-15(2)17(4)13-19/h5-13H,1-4H3. The van der Waals surface area contributed by atoms with Crippen LogP contribution in [-0.2, 0) is 0 Å². The van der Waals surface area contributed by atoms with Crippen LogP contribution >= 0.6 is 23.5 Å². The highest BCUT2D eigenvalue weighted by Crippen LogP contribution is 2.43. The first-order chi connectivity index (χ1) is 14.3. The number of nitrogens with zero attached hydrogens (tertiary/aromatic N) is 1. The summed E-state index contributed by atoms with van der Waals surface area (Å²) in [6, 6.07) is 15.6. The third kappa shape index (κ3) is 3.87. The number of ketones is 2. The normalized spacial score (nSPS) is 13.6. The van der Waals surface area contributed by atoms with E-state index in [2.05, 4.69) is 31.0 Å². The van der Waals surface area contributed by atoms with Gasteiger partial charge in [-0.15, -0.1) is 0 Å². The summed E-state index contributed by atoms with van der Waals surface area (Å²) in [5.41, 5.74) is 5.30. The molecule has 0 saturated heterocycles. The van der Waals surface area contributed by atoms with E-state index in [9.17, 15) is 9.59 Å². The highest BCUT2D eigenvalue weighted by atomic mass is 32.2. The van der Waals surface area contributed by atoms with Gasteiger partial charge in [0.1, 0.15) is 5.69 Å². The minimum Gasteiger partial charge on any atom is -0.288 e. The van der Waals surface area contributed by atoms with Gasteiger partial charge in [0.2, 0.25) is 11.6 Å². The topological polar surface area (TPSA) is 47.0 Å². The molecule has 0 atom stereocenters. The van der Waals surface area contributed by atoms with E-state index >= 15 is 0 Å². The number of carbonyl (C=O) groups excluding carboxylic acids is 2. The Bertz CT molecular complexity index is 1130. The number of aryl methyl sites for hydroxylation is 4. The molecule has 0 N–H and O–H groups in total. The zero-order chi connectivity index (χ0) is 21.4. The summed E-state index contributed by atoms with van der Waals surface area (Å²) in [4.78, 5) is 33.7. The third-order valence-electron chi connectivity index (χ3n) is 5.28. The lowest BCUT2D eigenvalue weighted by Crippen LogP contribution is -2.21. The molecule has 30 heavy (non-hydrogen) atoms. The van der Waals surface area contributed by atoms with Crippen molar-refractivity contribution in [3.63, 3.8) is 0 Å². The Labute approximate surface area is 185 Å². The van der Waals surface area contributed by atoms with Gasteiger partial charge in [-0.3, -0.25) is 14.6 Å². The summed E-state index contributed by atoms with van der Waals surface area (Å²) in [6.07, 6.45) is 1.56. The first-order valence-corrected chi connectivity index (χ1v) is 11.3. The molecule has 0 fully saturated rings. The van der Waals surface area contributed by atoms with Crippen molar-refractivity contribution in [1.29, 1.82) is 0 Å². The van der Waals surface area contributed by atoms with E-state index in [1.807, 2.05) is 38.1 Å². The largest absolute Gasteiger partial charge is 0.288 e. The summed E-state index contributed by atoms with van der Waals surface area (Å²) in [5.74, 6) is -0.341. The first kappa shape index (κ1) is 20.6. The molecule has 0 bridgehead atoms. The summed E-state index contributed by atoms with van der Waals surface area (Å²) in [6.45, 7) is 8.20. The third-order valence-corrected chi connectivity index (χ3v) is 7.58. The molecule has 0 unspecified atom stereocenters. The lowest BCUT2D eigenvalue weighted by atomic mass is 10.00. The van der Waals surface area contributed by atoms with Crippen molar-refractivity contribution in [2.75, 3.05) is 0 Å². The number of benzene rings is 2. The zero-order valence-corrected chi connectivity index (χ0v) is 18.9. The van der Waals surface area contributed by atoms with Crippen molar-refractivity contribution >= 4 is 35.1 Å². The van der Waals surface area contributed by atoms with Crippen LogP contribution < -0.4 is 0 Å². The van der Waals surface area contributed by atoms with Gasteiger partial charge in [-0.2, -0.15) is 0 Å². The van der Waals surface area contributed by atoms with E-state index in [0.29, 0.717) is 15.4 Å². The van der Waals surface area contributed by atoms with Crippen molar-refractivity contribution < 1.29 is 9.59 Å². The molecule has 3 nitrogen and oxygen atoms in total. The van der Waals surface area contributed by atoms with Crippen LogP contribution in [0.25, 0.3) is 0 Å². The van der Waals surface area contributed by atoms with E-state index < -0.39 is 0 Å². The van der Waals surface area contributed by atoms with E-state index in [1.165, 1.54) is 34.7 Å². The van der Waals surface area contributed by atoms with E-state index in [-0.39, 0.29) is 17.3 Å². The number of aromatic nitrogens is 1. The molecule has 2 aromatic carbocycles. The van der Waals surface area contributed by atoms with Gasteiger partial charge in [-0.05, 0) is 86.3 Å². The maximum Gasteiger partial charge on any atom is 0.220 e. The van der Waals surface area contributed by atoms with Crippen molar-refractivity contribution in [2.45, 2.75) is 37.5 Å². The van der Waals surface area contributed by atoms with Crippen molar-refractivity contribution in [3.05, 3.63) is 98.0 Å². The molecule has 1 aliphatic carbocycles. The lowest BCUT2D eigenvalue weighted by Gasteiger charge is -2.20. The lowest BCUT2D eigenvalue weighted by molar-refractivity contribution is 0.0984. The fraction of sp³-hybridized carbons (Fsp3) is 0.160. The van der Waals surface area contributed by atoms with Gasteiger partial charge in [-0.1, -0.05) is 35.7 Å². The van der Waals surface area contributed by atoms with Crippen LogP contribution in [0.4, 0.5) is 0 Å². The van der Waals surface area contributed by atoms with Crippen molar-refractivity contribution in [2.24, 2.45) is 0 Å². The number of rotatable bonds is 4. The molecule has 0 radical (unpaired) electrons. The number of thioether (sulfide) groups is 2. The molecule has 0 saturated carbocycles. The molecule has 0 spiro atoms. The molecule has 1 aromatic heterocycles. The number of pyridine rings is 1. The Morgan fingerprint density at radius 2 is 1.20 bits per heavy atom. The molecular formula is C25H21NO2S2. The van der Waals surface area contributed by atoms with Crippen LogP contribution in [0.2, 0.25) is 0 Å². The van der Waals surface area contributed by atoms with E-state index in [1.54, 1.807) is 18.3 Å². The molecular weight excluding hydrogens is 410 g/mol. The van der Waals surface area contributed by atoms with Gasteiger partial charge in [0.25, 0.3) is 0 Å². The van der Waals surface area contributed by atoms with E-state index in [0.717, 1.165) is 20.9 Å². The fourth-order valence-corrected chi connectivity index (χ4v) is 5.41. The van der Waals surface area contributed by atoms with Crippen LogP contribution in [0.15, 0.2) is 74.3 Å². The van der Waals surface area contributed by atoms with Crippen LogP contribution in [0.1, 0.15) is 43.1 Å². The van der Waals surface area contributed by atoms with Gasteiger partial charge >= 0.3 is 0 Å². The second kappa shape index (κ2) is 8.25. The average Bonchev–Trinajstić information content (AvgIpc) is 2.74. The smallest absolute Gasteiger partial charge is 0.220 e. The second-order valence-corrected chi connectivity index (χ2v) is 9.58. The number of Topliss-reactive ketones (excluding diaryl/α,β-unsaturated/α-hetero) is 2. The number of fused-ring (bicyclic) bond motifs is 1. The molecule has 1 heterocycles. The quantitative estimate of drug-likeness (QED) is 0.472. The average molecular weight is 432 g/mol. The van der Waals surface area contributed by atoms with Gasteiger partial charge in [-0.25, -0.2) is 0 Å². The van der Waals surface area contributed by atoms with Gasteiger partial charge in [0.05, 0.1) is 15.4 Å². The zero-order valence-electron chi connectivity index (χ0n) is 17.3. The maximum atomic E-state index is 13.4. The molecule has 3 aromatic rings. The number of carbonyl (C=O) groups is 2. The second-order valence-electron chi connectivity index (χ2n) is 7.41. The highest BCUT2D eigenvalue weighted by Gasteiger charge is 2.34. The SMILES string of the molecule is Cc1ccc(SC2=C(Sc3ccc(C)c(C)c3)C(=O)c3ncccc3C2=O)cc1C. The summed E-state index contributed by atoms with van der Waals surface area (Å²) in [7, 11) is 0. The van der Waals surface area contributed by atoms with Crippen LogP contribution in [0.5, 0.6) is 0 Å². The molecule has 150 valence electrons. The number of hydrogen-bond acceptors (Lipinski definition) is 5. The molecule has 4 rings (SSSR count). The Morgan fingerprint density at radius 3 is 1.73 bits per heavy atom. The maximum absolute atomic E-state index is 13.4. The van der Waals surface area contributed by atoms with Crippen molar-refractivity contribution in [1.82, 2.24) is 4.98 Å². The Morgan fingerprint density at radius 1 is 0.667 bits per heavy atom. The fourth-order valence-electron chi connectivity index (χ4n) is 3.18. The van der Waals surface area contributed by atoms with Gasteiger partial charge < -0.3 is 0 Å². The first-order valence-electron chi connectivity index (χ1n) is 9.64.